The minimum Gasteiger partial charge on any atom is -0.383 e. The molecular formula is C23H24BrFN6O3S. The molecule has 35 heavy (non-hydrogen) atoms. The Morgan fingerprint density at radius 1 is 1.37 bits per heavy atom. The molecule has 3 heterocycles. The molecule has 184 valence electrons. The molecule has 3 N–H and O–H groups in total. The Balaban J connectivity index is 1.42. The van der Waals surface area contributed by atoms with E-state index >= 15 is 0 Å². The third kappa shape index (κ3) is 5.46. The Morgan fingerprint density at radius 3 is 2.83 bits per heavy atom. The van der Waals surface area contributed by atoms with Crippen molar-refractivity contribution in [2.75, 3.05) is 25.1 Å². The van der Waals surface area contributed by atoms with Gasteiger partial charge in [0.05, 0.1) is 15.4 Å². The number of aliphatic hydroxyl groups excluding tert-OH is 1. The maximum Gasteiger partial charge on any atom is 0.223 e. The van der Waals surface area contributed by atoms with Gasteiger partial charge in [-0.15, -0.1) is 11.3 Å². The zero-order chi connectivity index (χ0) is 25.2. The highest BCUT2D eigenvalue weighted by Crippen LogP contribution is 2.34. The van der Waals surface area contributed by atoms with Crippen LogP contribution in [-0.4, -0.2) is 68.4 Å². The molecule has 12 heteroatoms. The summed E-state index contributed by atoms with van der Waals surface area (Å²) in [6, 6.07) is 5.14. The fourth-order valence-corrected chi connectivity index (χ4v) is 5.40. The number of rotatable bonds is 9. The maximum atomic E-state index is 13.2. The van der Waals surface area contributed by atoms with E-state index in [1.54, 1.807) is 12.4 Å². The summed E-state index contributed by atoms with van der Waals surface area (Å²) in [7, 11) is 0. The number of Topliss-reactive ketones (excluding diaryl/α,β-unsaturated/α-hetero) is 1. The number of thiazole rings is 1. The van der Waals surface area contributed by atoms with E-state index in [9.17, 15) is 19.1 Å². The van der Waals surface area contributed by atoms with Crippen LogP contribution in [0.5, 0.6) is 0 Å². The van der Waals surface area contributed by atoms with Crippen LogP contribution in [-0.2, 0) is 9.59 Å². The Labute approximate surface area is 213 Å². The highest BCUT2D eigenvalue weighted by atomic mass is 79.9. The molecule has 9 nitrogen and oxygen atoms in total. The van der Waals surface area contributed by atoms with E-state index in [0.717, 1.165) is 0 Å². The van der Waals surface area contributed by atoms with E-state index in [1.165, 1.54) is 35.6 Å². The van der Waals surface area contributed by atoms with Gasteiger partial charge in [0.25, 0.3) is 0 Å². The standard InChI is InChI=1S/C23H24BrFN6O3S/c1-23(2)20(16(33)11-32)29-12-31(23)8-7-26-22-28-9-15(24)18(30-22)21-27-10-17(35-21)19(34)13-3-5-14(25)6-4-13/h3-6,9-11,19-20,29,34H,7-8,12H2,1-2H3,(H,26,28,30). The summed E-state index contributed by atoms with van der Waals surface area (Å²) >= 11 is 4.75. The van der Waals surface area contributed by atoms with Crippen LogP contribution >= 0.6 is 27.3 Å². The molecule has 1 fully saturated rings. The first kappa shape index (κ1) is 25.5. The fraction of sp³-hybridized carbons (Fsp3) is 0.348. The number of hydrogen-bond acceptors (Lipinski definition) is 10. The van der Waals surface area contributed by atoms with Gasteiger partial charge in [-0.05, 0) is 47.5 Å². The van der Waals surface area contributed by atoms with Crippen molar-refractivity contribution in [1.29, 1.82) is 0 Å². The lowest BCUT2D eigenvalue weighted by Crippen LogP contribution is -2.51. The average Bonchev–Trinajstić information content (AvgIpc) is 3.44. The summed E-state index contributed by atoms with van der Waals surface area (Å²) in [5.74, 6) is -0.419. The number of carbonyl (C=O) groups is 2. The summed E-state index contributed by atoms with van der Waals surface area (Å²) in [6.45, 7) is 5.45. The van der Waals surface area contributed by atoms with Crippen molar-refractivity contribution in [2.45, 2.75) is 31.5 Å². The minimum absolute atomic E-state index is 0.362. The highest BCUT2D eigenvalue weighted by Gasteiger charge is 2.44. The van der Waals surface area contributed by atoms with Gasteiger partial charge in [0.2, 0.25) is 11.7 Å². The van der Waals surface area contributed by atoms with Gasteiger partial charge in [-0.1, -0.05) is 12.1 Å². The van der Waals surface area contributed by atoms with E-state index in [-0.39, 0.29) is 5.82 Å². The zero-order valence-corrected chi connectivity index (χ0v) is 21.4. The molecule has 4 rings (SSSR count). The quantitative estimate of drug-likeness (QED) is 0.267. The third-order valence-electron chi connectivity index (χ3n) is 6.00. The van der Waals surface area contributed by atoms with Gasteiger partial charge in [0.1, 0.15) is 22.6 Å². The van der Waals surface area contributed by atoms with Gasteiger partial charge in [-0.25, -0.2) is 19.3 Å². The number of aliphatic hydroxyl groups is 1. The summed E-state index contributed by atoms with van der Waals surface area (Å²) in [5.41, 5.74) is 0.639. The molecule has 2 aromatic heterocycles. The van der Waals surface area contributed by atoms with Crippen molar-refractivity contribution in [3.05, 3.63) is 57.4 Å². The second-order valence-corrected chi connectivity index (χ2v) is 10.5. The van der Waals surface area contributed by atoms with E-state index in [2.05, 4.69) is 46.4 Å². The van der Waals surface area contributed by atoms with Crippen molar-refractivity contribution in [1.82, 2.24) is 25.2 Å². The summed E-state index contributed by atoms with van der Waals surface area (Å²) < 4.78 is 13.8. The molecule has 2 atom stereocenters. The van der Waals surface area contributed by atoms with Crippen LogP contribution in [0, 0.1) is 5.82 Å². The van der Waals surface area contributed by atoms with Gasteiger partial charge in [0.15, 0.2) is 6.29 Å². The Morgan fingerprint density at radius 2 is 2.11 bits per heavy atom. The summed E-state index contributed by atoms with van der Waals surface area (Å²) in [4.78, 5) is 38.8. The summed E-state index contributed by atoms with van der Waals surface area (Å²) in [5, 5.41) is 17.5. The van der Waals surface area contributed by atoms with Crippen molar-refractivity contribution in [3.8, 4) is 10.7 Å². The second-order valence-electron chi connectivity index (χ2n) is 8.57. The van der Waals surface area contributed by atoms with Crippen LogP contribution in [0.15, 0.2) is 41.1 Å². The van der Waals surface area contributed by atoms with Crippen LogP contribution in [0.3, 0.4) is 0 Å². The number of nitrogens with one attached hydrogen (secondary N) is 2. The van der Waals surface area contributed by atoms with Crippen LogP contribution in [0.4, 0.5) is 10.3 Å². The molecule has 0 bridgehead atoms. The number of anilines is 1. The number of ketones is 1. The Bertz CT molecular complexity index is 1220. The lowest BCUT2D eigenvalue weighted by Gasteiger charge is -2.33. The smallest absolute Gasteiger partial charge is 0.223 e. The van der Waals surface area contributed by atoms with E-state index < -0.39 is 23.5 Å². The molecular weight excluding hydrogens is 539 g/mol. The predicted octanol–water partition coefficient (Wildman–Crippen LogP) is 2.77. The Kier molecular flexibility index (Phi) is 7.67. The molecule has 2 unspecified atom stereocenters. The fourth-order valence-electron chi connectivity index (χ4n) is 3.96. The van der Waals surface area contributed by atoms with Crippen LogP contribution < -0.4 is 10.6 Å². The first-order chi connectivity index (χ1) is 16.7. The number of aldehydes is 1. The molecule has 1 aromatic carbocycles. The minimum atomic E-state index is -0.924. The number of nitrogens with zero attached hydrogens (tertiary/aromatic N) is 4. The number of benzene rings is 1. The lowest BCUT2D eigenvalue weighted by molar-refractivity contribution is -0.132. The van der Waals surface area contributed by atoms with Gasteiger partial charge in [-0.3, -0.25) is 19.8 Å². The second kappa shape index (κ2) is 10.5. The highest BCUT2D eigenvalue weighted by molar-refractivity contribution is 9.10. The first-order valence-electron chi connectivity index (χ1n) is 10.8. The van der Waals surface area contributed by atoms with E-state index in [1.807, 2.05) is 13.8 Å². The van der Waals surface area contributed by atoms with Crippen LogP contribution in [0.25, 0.3) is 10.7 Å². The van der Waals surface area contributed by atoms with Gasteiger partial charge in [-0.2, -0.15) is 0 Å². The SMILES string of the molecule is CC1(C)C(C(=O)C=O)NCN1CCNc1ncc(Br)c(-c2ncc(C(O)c3ccc(F)cc3)s2)n1. The first-order valence-corrected chi connectivity index (χ1v) is 12.4. The molecule has 3 aromatic rings. The largest absolute Gasteiger partial charge is 0.383 e. The predicted molar refractivity (Wildman–Crippen MR) is 133 cm³/mol. The number of aromatic nitrogens is 3. The number of halogens is 2. The lowest BCUT2D eigenvalue weighted by atomic mass is 9.92. The molecule has 0 amide bonds. The molecule has 1 saturated heterocycles. The van der Waals surface area contributed by atoms with Crippen molar-refractivity contribution in [3.63, 3.8) is 0 Å². The van der Waals surface area contributed by atoms with Gasteiger partial charge in [0, 0.05) is 37.7 Å². The zero-order valence-electron chi connectivity index (χ0n) is 19.0. The Hall–Kier alpha value is -2.64. The van der Waals surface area contributed by atoms with Crippen LogP contribution in [0.2, 0.25) is 0 Å². The van der Waals surface area contributed by atoms with Gasteiger partial charge < -0.3 is 10.4 Å². The average molecular weight is 563 g/mol. The number of carbonyl (C=O) groups excluding carboxylic acids is 2. The molecule has 0 radical (unpaired) electrons. The molecule has 1 aliphatic rings. The third-order valence-corrected chi connectivity index (χ3v) is 7.64. The molecule has 1 aliphatic heterocycles. The van der Waals surface area contributed by atoms with E-state index in [0.29, 0.717) is 57.6 Å². The van der Waals surface area contributed by atoms with Crippen molar-refractivity contribution >= 4 is 45.3 Å². The van der Waals surface area contributed by atoms with Crippen molar-refractivity contribution < 1.29 is 19.1 Å². The topological polar surface area (TPSA) is 120 Å². The maximum absolute atomic E-state index is 13.2. The summed E-state index contributed by atoms with van der Waals surface area (Å²) in [6.07, 6.45) is 2.64. The van der Waals surface area contributed by atoms with Crippen LogP contribution in [0.1, 0.15) is 30.4 Å². The van der Waals surface area contributed by atoms with Gasteiger partial charge >= 0.3 is 0 Å². The normalized spacial score (nSPS) is 18.4. The molecule has 0 spiro atoms. The van der Waals surface area contributed by atoms with E-state index in [4.69, 9.17) is 0 Å². The molecule has 0 saturated carbocycles. The monoisotopic (exact) mass is 562 g/mol. The van der Waals surface area contributed by atoms with Crippen molar-refractivity contribution in [2.24, 2.45) is 0 Å². The number of hydrogen-bond donors (Lipinski definition) is 3. The molecule has 0 aliphatic carbocycles.